The molecule has 27 heavy (non-hydrogen) atoms. The minimum Gasteiger partial charge on any atom is -0.491 e. The van der Waals surface area contributed by atoms with Gasteiger partial charge in [-0.25, -0.2) is 8.42 Å². The van der Waals surface area contributed by atoms with Gasteiger partial charge in [0.2, 0.25) is 10.0 Å². The quantitative estimate of drug-likeness (QED) is 0.660. The van der Waals surface area contributed by atoms with E-state index in [1.54, 1.807) is 24.3 Å². The molecule has 0 bridgehead atoms. The Bertz CT molecular complexity index is 866. The molecule has 0 spiro atoms. The van der Waals surface area contributed by atoms with Gasteiger partial charge in [-0.05, 0) is 42.8 Å². The molecule has 8 heteroatoms. The van der Waals surface area contributed by atoms with Crippen LogP contribution in [0.2, 0.25) is 0 Å². The fourth-order valence-electron chi connectivity index (χ4n) is 2.21. The average Bonchev–Trinajstić information content (AvgIpc) is 2.64. The fourth-order valence-corrected chi connectivity index (χ4v) is 2.72. The monoisotopic (exact) mass is 392 g/mol. The predicted molar refractivity (Wildman–Crippen MR) is 105 cm³/mol. The lowest BCUT2D eigenvalue weighted by Gasteiger charge is -2.16. The van der Waals surface area contributed by atoms with Gasteiger partial charge in [-0.3, -0.25) is 9.10 Å². The van der Waals surface area contributed by atoms with E-state index < -0.39 is 10.0 Å². The topological polar surface area (TPSA) is 84.9 Å². The van der Waals surface area contributed by atoms with E-state index in [-0.39, 0.29) is 12.5 Å². The van der Waals surface area contributed by atoms with Crippen molar-refractivity contribution < 1.29 is 22.7 Å². The first-order chi connectivity index (χ1) is 12.8. The minimum atomic E-state index is -3.31. The first kappa shape index (κ1) is 20.6. The van der Waals surface area contributed by atoms with E-state index in [9.17, 15) is 13.2 Å². The van der Waals surface area contributed by atoms with Crippen molar-refractivity contribution in [2.24, 2.45) is 0 Å². The molecular weight excluding hydrogens is 368 g/mol. The maximum Gasteiger partial charge on any atom is 0.258 e. The Labute approximate surface area is 160 Å². The standard InChI is InChI=1S/C19H24N2O5S/c1-15-6-4-5-7-18(15)25-13-12-20-19(22)14-26-17-10-8-16(9-11-17)21(2)27(3,23)24/h4-11H,12-14H2,1-3H3,(H,20,22). The van der Waals surface area contributed by atoms with E-state index in [4.69, 9.17) is 9.47 Å². The zero-order valence-electron chi connectivity index (χ0n) is 15.6. The molecule has 2 aromatic rings. The van der Waals surface area contributed by atoms with E-state index in [1.807, 2.05) is 31.2 Å². The molecule has 7 nitrogen and oxygen atoms in total. The maximum absolute atomic E-state index is 11.8. The molecule has 0 heterocycles. The molecule has 146 valence electrons. The van der Waals surface area contributed by atoms with Crippen LogP contribution in [-0.2, 0) is 14.8 Å². The number of nitrogens with zero attached hydrogens (tertiary/aromatic N) is 1. The number of carbonyl (C=O) groups excluding carboxylic acids is 1. The number of carbonyl (C=O) groups is 1. The van der Waals surface area contributed by atoms with Crippen molar-refractivity contribution >= 4 is 21.6 Å². The van der Waals surface area contributed by atoms with E-state index in [1.165, 1.54) is 7.05 Å². The Morgan fingerprint density at radius 2 is 1.74 bits per heavy atom. The SMILES string of the molecule is Cc1ccccc1OCCNC(=O)COc1ccc(N(C)S(C)(=O)=O)cc1. The second-order valence-corrected chi connectivity index (χ2v) is 7.99. The molecule has 0 fully saturated rings. The van der Waals surface area contributed by atoms with Crippen LogP contribution in [0.4, 0.5) is 5.69 Å². The highest BCUT2D eigenvalue weighted by atomic mass is 32.2. The third kappa shape index (κ3) is 6.49. The summed E-state index contributed by atoms with van der Waals surface area (Å²) < 4.78 is 35.2. The molecule has 0 radical (unpaired) electrons. The Balaban J connectivity index is 1.72. The number of sulfonamides is 1. The molecule has 0 atom stereocenters. The van der Waals surface area contributed by atoms with Gasteiger partial charge in [0.1, 0.15) is 18.1 Å². The highest BCUT2D eigenvalue weighted by Crippen LogP contribution is 2.20. The molecule has 0 aliphatic heterocycles. The van der Waals surface area contributed by atoms with Gasteiger partial charge >= 0.3 is 0 Å². The number of ether oxygens (including phenoxy) is 2. The van der Waals surface area contributed by atoms with Crippen molar-refractivity contribution in [1.82, 2.24) is 5.32 Å². The summed E-state index contributed by atoms with van der Waals surface area (Å²) in [6.07, 6.45) is 1.13. The van der Waals surface area contributed by atoms with Crippen LogP contribution in [0.1, 0.15) is 5.56 Å². The molecule has 2 aromatic carbocycles. The molecule has 2 rings (SSSR count). The van der Waals surface area contributed by atoms with Gasteiger partial charge in [0.25, 0.3) is 5.91 Å². The number of hydrogen-bond donors (Lipinski definition) is 1. The Hall–Kier alpha value is -2.74. The van der Waals surface area contributed by atoms with E-state index in [0.717, 1.165) is 21.9 Å². The number of anilines is 1. The number of aryl methyl sites for hydroxylation is 1. The minimum absolute atomic E-state index is 0.133. The largest absolute Gasteiger partial charge is 0.491 e. The van der Waals surface area contributed by atoms with Gasteiger partial charge in [-0.2, -0.15) is 0 Å². The summed E-state index contributed by atoms with van der Waals surface area (Å²) in [6, 6.07) is 14.1. The summed E-state index contributed by atoms with van der Waals surface area (Å²) in [5.74, 6) is 1.01. The van der Waals surface area contributed by atoms with Crippen LogP contribution >= 0.6 is 0 Å². The molecule has 0 saturated carbocycles. The normalized spacial score (nSPS) is 10.9. The third-order valence-corrected chi connectivity index (χ3v) is 5.05. The van der Waals surface area contributed by atoms with Crippen LogP contribution in [0.3, 0.4) is 0 Å². The Kier molecular flexibility index (Phi) is 7.06. The van der Waals surface area contributed by atoms with Gasteiger partial charge in [-0.15, -0.1) is 0 Å². The summed E-state index contributed by atoms with van der Waals surface area (Å²) in [6.45, 7) is 2.56. The molecule has 0 aliphatic carbocycles. The van der Waals surface area contributed by atoms with Crippen molar-refractivity contribution in [3.8, 4) is 11.5 Å². The highest BCUT2D eigenvalue weighted by Gasteiger charge is 2.11. The second kappa shape index (κ2) is 9.27. The van der Waals surface area contributed by atoms with Crippen molar-refractivity contribution in [2.75, 3.05) is 37.4 Å². The van der Waals surface area contributed by atoms with Crippen LogP contribution < -0.4 is 19.1 Å². The summed E-state index contributed by atoms with van der Waals surface area (Å²) in [4.78, 5) is 11.8. The lowest BCUT2D eigenvalue weighted by atomic mass is 10.2. The van der Waals surface area contributed by atoms with Crippen LogP contribution in [-0.4, -0.2) is 47.4 Å². The van der Waals surface area contributed by atoms with E-state index in [2.05, 4.69) is 5.32 Å². The fraction of sp³-hybridized carbons (Fsp3) is 0.316. The Morgan fingerprint density at radius 3 is 2.37 bits per heavy atom. The van der Waals surface area contributed by atoms with Crippen molar-refractivity contribution in [1.29, 1.82) is 0 Å². The van der Waals surface area contributed by atoms with Crippen LogP contribution in [0.25, 0.3) is 0 Å². The lowest BCUT2D eigenvalue weighted by molar-refractivity contribution is -0.123. The number of amides is 1. The molecule has 0 aliphatic rings. The highest BCUT2D eigenvalue weighted by molar-refractivity contribution is 7.92. The van der Waals surface area contributed by atoms with Crippen LogP contribution in [0.5, 0.6) is 11.5 Å². The lowest BCUT2D eigenvalue weighted by Crippen LogP contribution is -2.32. The number of nitrogens with one attached hydrogen (secondary N) is 1. The second-order valence-electron chi connectivity index (χ2n) is 5.98. The summed E-state index contributed by atoms with van der Waals surface area (Å²) >= 11 is 0. The van der Waals surface area contributed by atoms with Gasteiger partial charge in [0.05, 0.1) is 18.5 Å². The van der Waals surface area contributed by atoms with Gasteiger partial charge < -0.3 is 14.8 Å². The van der Waals surface area contributed by atoms with Crippen molar-refractivity contribution in [3.05, 3.63) is 54.1 Å². The summed E-state index contributed by atoms with van der Waals surface area (Å²) in [7, 11) is -1.84. The number of para-hydroxylation sites is 1. The van der Waals surface area contributed by atoms with Crippen molar-refractivity contribution in [2.45, 2.75) is 6.92 Å². The molecule has 0 aromatic heterocycles. The molecule has 0 saturated heterocycles. The summed E-state index contributed by atoms with van der Waals surface area (Å²) in [5.41, 5.74) is 1.56. The molecule has 1 N–H and O–H groups in total. The molecular formula is C19H24N2O5S. The average molecular weight is 392 g/mol. The zero-order chi connectivity index (χ0) is 19.9. The van der Waals surface area contributed by atoms with E-state index >= 15 is 0 Å². The Morgan fingerprint density at radius 1 is 1.07 bits per heavy atom. The number of benzene rings is 2. The first-order valence-electron chi connectivity index (χ1n) is 8.39. The van der Waals surface area contributed by atoms with Gasteiger partial charge in [0, 0.05) is 7.05 Å². The van der Waals surface area contributed by atoms with Crippen molar-refractivity contribution in [3.63, 3.8) is 0 Å². The molecule has 1 amide bonds. The van der Waals surface area contributed by atoms with Gasteiger partial charge in [0.15, 0.2) is 6.61 Å². The van der Waals surface area contributed by atoms with Gasteiger partial charge in [-0.1, -0.05) is 18.2 Å². The van der Waals surface area contributed by atoms with E-state index in [0.29, 0.717) is 24.6 Å². The maximum atomic E-state index is 11.8. The smallest absolute Gasteiger partial charge is 0.258 e. The first-order valence-corrected chi connectivity index (χ1v) is 10.2. The third-order valence-electron chi connectivity index (χ3n) is 3.84. The predicted octanol–water partition coefficient (Wildman–Crippen LogP) is 1.96. The number of rotatable bonds is 9. The molecule has 0 unspecified atom stereocenters. The van der Waals surface area contributed by atoms with Crippen LogP contribution in [0, 0.1) is 6.92 Å². The van der Waals surface area contributed by atoms with Crippen LogP contribution in [0.15, 0.2) is 48.5 Å². The number of hydrogen-bond acceptors (Lipinski definition) is 5. The zero-order valence-corrected chi connectivity index (χ0v) is 16.5. The summed E-state index contributed by atoms with van der Waals surface area (Å²) in [5, 5.41) is 2.72.